The summed E-state index contributed by atoms with van der Waals surface area (Å²) >= 11 is 1.74. The van der Waals surface area contributed by atoms with Crippen LogP contribution in [0.5, 0.6) is 0 Å². The summed E-state index contributed by atoms with van der Waals surface area (Å²) in [6.45, 7) is 4.94. The molecule has 1 fully saturated rings. The SMILES string of the molecule is Cc1cnc(NN)nc1SC1CCOC1C. The molecule has 0 amide bonds. The van der Waals surface area contributed by atoms with Crippen molar-refractivity contribution in [3.8, 4) is 0 Å². The van der Waals surface area contributed by atoms with E-state index in [1.807, 2.05) is 6.92 Å². The van der Waals surface area contributed by atoms with Crippen LogP contribution in [0.3, 0.4) is 0 Å². The molecule has 88 valence electrons. The second-order valence-electron chi connectivity index (χ2n) is 3.85. The molecule has 0 saturated carbocycles. The van der Waals surface area contributed by atoms with Gasteiger partial charge in [0.05, 0.1) is 6.10 Å². The number of hydrogen-bond donors (Lipinski definition) is 2. The van der Waals surface area contributed by atoms with Gasteiger partial charge in [0, 0.05) is 18.1 Å². The molecule has 2 heterocycles. The molecule has 1 saturated heterocycles. The Labute approximate surface area is 99.2 Å². The van der Waals surface area contributed by atoms with Crippen LogP contribution in [-0.4, -0.2) is 27.9 Å². The molecule has 1 aliphatic heterocycles. The highest BCUT2D eigenvalue weighted by Gasteiger charge is 2.26. The van der Waals surface area contributed by atoms with E-state index in [4.69, 9.17) is 10.6 Å². The lowest BCUT2D eigenvalue weighted by Crippen LogP contribution is -2.15. The lowest BCUT2D eigenvalue weighted by atomic mass is 10.3. The Hall–Kier alpha value is -0.850. The molecule has 5 nitrogen and oxygen atoms in total. The van der Waals surface area contributed by atoms with E-state index in [1.165, 1.54) is 0 Å². The van der Waals surface area contributed by atoms with Crippen LogP contribution < -0.4 is 11.3 Å². The molecule has 2 rings (SSSR count). The third kappa shape index (κ3) is 2.45. The van der Waals surface area contributed by atoms with Crippen molar-refractivity contribution in [1.82, 2.24) is 9.97 Å². The fourth-order valence-corrected chi connectivity index (χ4v) is 2.77. The van der Waals surface area contributed by atoms with Gasteiger partial charge < -0.3 is 4.74 Å². The van der Waals surface area contributed by atoms with Gasteiger partial charge in [0.25, 0.3) is 0 Å². The molecular formula is C10H16N4OS. The Morgan fingerprint density at radius 1 is 1.62 bits per heavy atom. The van der Waals surface area contributed by atoms with Gasteiger partial charge in [-0.05, 0) is 25.8 Å². The van der Waals surface area contributed by atoms with E-state index >= 15 is 0 Å². The minimum absolute atomic E-state index is 0.286. The highest BCUT2D eigenvalue weighted by molar-refractivity contribution is 8.00. The molecule has 3 N–H and O–H groups in total. The number of aryl methyl sites for hydroxylation is 1. The second kappa shape index (κ2) is 4.99. The van der Waals surface area contributed by atoms with Crippen molar-refractivity contribution in [3.63, 3.8) is 0 Å². The van der Waals surface area contributed by atoms with Crippen molar-refractivity contribution in [2.24, 2.45) is 5.84 Å². The maximum Gasteiger partial charge on any atom is 0.238 e. The summed E-state index contributed by atoms with van der Waals surface area (Å²) in [7, 11) is 0. The Balaban J connectivity index is 2.13. The van der Waals surface area contributed by atoms with E-state index < -0.39 is 0 Å². The van der Waals surface area contributed by atoms with E-state index in [2.05, 4.69) is 22.3 Å². The first kappa shape index (κ1) is 11.6. The number of hydrogen-bond acceptors (Lipinski definition) is 6. The fraction of sp³-hybridized carbons (Fsp3) is 0.600. The minimum atomic E-state index is 0.286. The average molecular weight is 240 g/mol. The highest BCUT2D eigenvalue weighted by Crippen LogP contribution is 2.33. The van der Waals surface area contributed by atoms with Crippen molar-refractivity contribution in [2.45, 2.75) is 36.6 Å². The zero-order chi connectivity index (χ0) is 11.5. The largest absolute Gasteiger partial charge is 0.377 e. The molecule has 1 aromatic rings. The van der Waals surface area contributed by atoms with Gasteiger partial charge in [-0.15, -0.1) is 0 Å². The van der Waals surface area contributed by atoms with Gasteiger partial charge in [-0.3, -0.25) is 5.43 Å². The van der Waals surface area contributed by atoms with Gasteiger partial charge in [0.2, 0.25) is 5.95 Å². The number of nitrogens with one attached hydrogen (secondary N) is 1. The minimum Gasteiger partial charge on any atom is -0.377 e. The highest BCUT2D eigenvalue weighted by atomic mass is 32.2. The topological polar surface area (TPSA) is 73.1 Å². The molecule has 0 spiro atoms. The third-order valence-electron chi connectivity index (χ3n) is 2.62. The van der Waals surface area contributed by atoms with Crippen molar-refractivity contribution >= 4 is 17.7 Å². The van der Waals surface area contributed by atoms with E-state index in [9.17, 15) is 0 Å². The second-order valence-corrected chi connectivity index (χ2v) is 5.07. The van der Waals surface area contributed by atoms with Crippen LogP contribution in [0.4, 0.5) is 5.95 Å². The maximum atomic E-state index is 5.53. The Morgan fingerprint density at radius 3 is 3.06 bits per heavy atom. The lowest BCUT2D eigenvalue weighted by Gasteiger charge is -2.14. The molecule has 0 aliphatic carbocycles. The van der Waals surface area contributed by atoms with Crippen LogP contribution in [0.2, 0.25) is 0 Å². The average Bonchev–Trinajstić information content (AvgIpc) is 2.68. The molecule has 1 aliphatic rings. The number of aromatic nitrogens is 2. The zero-order valence-electron chi connectivity index (χ0n) is 9.43. The molecule has 2 atom stereocenters. The number of ether oxygens (including phenoxy) is 1. The van der Waals surface area contributed by atoms with Crippen LogP contribution >= 0.6 is 11.8 Å². The van der Waals surface area contributed by atoms with Gasteiger partial charge in [-0.25, -0.2) is 15.8 Å². The quantitative estimate of drug-likeness (QED) is 0.472. The van der Waals surface area contributed by atoms with Crippen LogP contribution in [0.1, 0.15) is 18.9 Å². The smallest absolute Gasteiger partial charge is 0.238 e. The number of rotatable bonds is 3. The first-order valence-corrected chi connectivity index (χ1v) is 6.17. The molecular weight excluding hydrogens is 224 g/mol. The molecule has 1 aromatic heterocycles. The maximum absolute atomic E-state index is 5.53. The molecule has 6 heteroatoms. The Morgan fingerprint density at radius 2 is 2.44 bits per heavy atom. The van der Waals surface area contributed by atoms with Gasteiger partial charge in [-0.1, -0.05) is 11.8 Å². The number of nitrogen functional groups attached to an aromatic ring is 1. The van der Waals surface area contributed by atoms with Crippen molar-refractivity contribution in [2.75, 3.05) is 12.0 Å². The van der Waals surface area contributed by atoms with Gasteiger partial charge in [-0.2, -0.15) is 0 Å². The summed E-state index contributed by atoms with van der Waals surface area (Å²) in [5.74, 6) is 5.75. The third-order valence-corrected chi connectivity index (χ3v) is 4.18. The fourth-order valence-electron chi connectivity index (χ4n) is 1.63. The molecule has 16 heavy (non-hydrogen) atoms. The van der Waals surface area contributed by atoms with Gasteiger partial charge in [0.15, 0.2) is 0 Å². The first-order chi connectivity index (χ1) is 7.70. The molecule has 0 bridgehead atoms. The monoisotopic (exact) mass is 240 g/mol. The van der Waals surface area contributed by atoms with Crippen molar-refractivity contribution in [3.05, 3.63) is 11.8 Å². The van der Waals surface area contributed by atoms with E-state index in [1.54, 1.807) is 18.0 Å². The van der Waals surface area contributed by atoms with E-state index in [0.717, 1.165) is 23.6 Å². The van der Waals surface area contributed by atoms with Crippen molar-refractivity contribution in [1.29, 1.82) is 0 Å². The molecule has 0 radical (unpaired) electrons. The lowest BCUT2D eigenvalue weighted by molar-refractivity contribution is 0.127. The number of anilines is 1. The molecule has 0 aromatic carbocycles. The summed E-state index contributed by atoms with van der Waals surface area (Å²) in [4.78, 5) is 8.41. The summed E-state index contributed by atoms with van der Waals surface area (Å²) in [5, 5.41) is 1.45. The number of thioether (sulfide) groups is 1. The van der Waals surface area contributed by atoms with Gasteiger partial charge >= 0.3 is 0 Å². The number of hydrazine groups is 1. The normalized spacial score (nSPS) is 24.7. The van der Waals surface area contributed by atoms with Crippen LogP contribution in [-0.2, 0) is 4.74 Å². The Bertz CT molecular complexity index is 374. The van der Waals surface area contributed by atoms with Gasteiger partial charge in [0.1, 0.15) is 5.03 Å². The number of nitrogens with zero attached hydrogens (tertiary/aromatic N) is 2. The summed E-state index contributed by atoms with van der Waals surface area (Å²) in [6.07, 6.45) is 3.14. The summed E-state index contributed by atoms with van der Waals surface area (Å²) in [5.41, 5.74) is 3.54. The summed E-state index contributed by atoms with van der Waals surface area (Å²) in [6, 6.07) is 0. The van der Waals surface area contributed by atoms with E-state index in [-0.39, 0.29) is 6.10 Å². The van der Waals surface area contributed by atoms with E-state index in [0.29, 0.717) is 11.2 Å². The van der Waals surface area contributed by atoms with Crippen LogP contribution in [0, 0.1) is 6.92 Å². The number of nitrogens with two attached hydrogens (primary N) is 1. The predicted molar refractivity (Wildman–Crippen MR) is 64.3 cm³/mol. The molecule has 2 unspecified atom stereocenters. The Kier molecular flexibility index (Phi) is 3.63. The van der Waals surface area contributed by atoms with Crippen LogP contribution in [0.15, 0.2) is 11.2 Å². The standard InChI is InChI=1S/C10H16N4OS/c1-6-5-12-10(14-11)13-9(6)16-8-3-4-15-7(8)2/h5,7-8H,3-4,11H2,1-2H3,(H,12,13,14). The summed E-state index contributed by atoms with van der Waals surface area (Å²) < 4.78 is 5.53. The predicted octanol–water partition coefficient (Wildman–Crippen LogP) is 1.34. The first-order valence-electron chi connectivity index (χ1n) is 5.29. The zero-order valence-corrected chi connectivity index (χ0v) is 10.3. The van der Waals surface area contributed by atoms with Crippen LogP contribution in [0.25, 0.3) is 0 Å². The van der Waals surface area contributed by atoms with Crippen molar-refractivity contribution < 1.29 is 4.74 Å².